The predicted octanol–water partition coefficient (Wildman–Crippen LogP) is 1.85. The van der Waals surface area contributed by atoms with E-state index in [0.29, 0.717) is 44.0 Å². The number of fused-ring (bicyclic) bond motifs is 1. The third kappa shape index (κ3) is 4.52. The number of thiophene rings is 1. The number of aromatic nitrogens is 1. The maximum Gasteiger partial charge on any atom is 0.273 e. The normalized spacial score (nSPS) is 18.3. The Morgan fingerprint density at radius 2 is 2.03 bits per heavy atom. The fourth-order valence-electron chi connectivity index (χ4n) is 3.39. The van der Waals surface area contributed by atoms with Crippen LogP contribution in [0.5, 0.6) is 0 Å². The minimum Gasteiger partial charge on any atom is -0.379 e. The lowest BCUT2D eigenvalue weighted by atomic mass is 10.1. The average Bonchev–Trinajstić information content (AvgIpc) is 3.32. The zero-order valence-corrected chi connectivity index (χ0v) is 19.0. The lowest BCUT2D eigenvalue weighted by molar-refractivity contribution is 0.0383. The van der Waals surface area contributed by atoms with Crippen LogP contribution in [0.4, 0.5) is 0 Å². The zero-order valence-electron chi connectivity index (χ0n) is 15.9. The maximum atomic E-state index is 13.0. The molecule has 1 amide bonds. The number of ether oxygens (including phenoxy) is 1. The monoisotopic (exact) mass is 494 g/mol. The van der Waals surface area contributed by atoms with Crippen LogP contribution in [0.3, 0.4) is 0 Å². The number of amides is 1. The predicted molar refractivity (Wildman–Crippen MR) is 112 cm³/mol. The van der Waals surface area contributed by atoms with Gasteiger partial charge in [0, 0.05) is 51.3 Å². The van der Waals surface area contributed by atoms with Gasteiger partial charge in [0.05, 0.1) is 18.2 Å². The van der Waals surface area contributed by atoms with Crippen molar-refractivity contribution in [3.05, 3.63) is 32.4 Å². The molecule has 164 valence electrons. The molecule has 2 aliphatic rings. The number of rotatable bonds is 6. The fourth-order valence-corrected chi connectivity index (χ4v) is 6.83. The number of carbonyl (C=O) groups is 1. The summed E-state index contributed by atoms with van der Waals surface area (Å²) in [5.41, 5.74) is 0.608. The van der Waals surface area contributed by atoms with Crippen molar-refractivity contribution in [2.75, 3.05) is 45.9 Å². The molecule has 2 aliphatic heterocycles. The van der Waals surface area contributed by atoms with Crippen molar-refractivity contribution in [1.29, 1.82) is 0 Å². The molecule has 4 rings (SSSR count). The van der Waals surface area contributed by atoms with Crippen LogP contribution in [-0.2, 0) is 27.7 Å². The van der Waals surface area contributed by atoms with E-state index in [-0.39, 0.29) is 38.3 Å². The summed E-state index contributed by atoms with van der Waals surface area (Å²) in [5, 5.41) is 6.92. The molecule has 0 aliphatic carbocycles. The molecule has 0 spiro atoms. The number of hydrogen-bond acceptors (Lipinski definition) is 8. The molecule has 0 aromatic carbocycles. The third-order valence-corrected chi connectivity index (χ3v) is 9.20. The molecular formula is C17H20Cl2N4O5S2. The molecule has 2 aromatic rings. The van der Waals surface area contributed by atoms with Gasteiger partial charge in [-0.15, -0.1) is 11.3 Å². The van der Waals surface area contributed by atoms with E-state index in [2.05, 4.69) is 15.4 Å². The molecule has 1 N–H and O–H groups in total. The van der Waals surface area contributed by atoms with E-state index < -0.39 is 10.0 Å². The van der Waals surface area contributed by atoms with Crippen LogP contribution in [0.2, 0.25) is 9.36 Å². The van der Waals surface area contributed by atoms with Crippen LogP contribution in [0.15, 0.2) is 14.8 Å². The summed E-state index contributed by atoms with van der Waals surface area (Å²) in [7, 11) is -3.79. The second-order valence-electron chi connectivity index (χ2n) is 6.92. The second kappa shape index (κ2) is 9.11. The number of halogens is 2. The standard InChI is InChI=1S/C17H20Cl2N4O5S2/c18-12-9-14(29-16(12)19)30(25,26)23-3-1-13-11(10-23)15(21-28-13)17(24)20-2-4-22-5-7-27-8-6-22/h9H,1-8,10H2,(H,20,24). The van der Waals surface area contributed by atoms with Crippen molar-refractivity contribution in [3.8, 4) is 0 Å². The van der Waals surface area contributed by atoms with Gasteiger partial charge in [-0.25, -0.2) is 8.42 Å². The van der Waals surface area contributed by atoms with Gasteiger partial charge < -0.3 is 14.6 Å². The van der Waals surface area contributed by atoms with Crippen LogP contribution >= 0.6 is 34.5 Å². The van der Waals surface area contributed by atoms with Crippen LogP contribution in [-0.4, -0.2) is 74.6 Å². The van der Waals surface area contributed by atoms with Crippen LogP contribution in [0.1, 0.15) is 21.8 Å². The van der Waals surface area contributed by atoms with E-state index in [0.717, 1.165) is 24.4 Å². The van der Waals surface area contributed by atoms with E-state index in [4.69, 9.17) is 32.5 Å². The molecule has 2 aromatic heterocycles. The minimum absolute atomic E-state index is 0.000518. The largest absolute Gasteiger partial charge is 0.379 e. The quantitative estimate of drug-likeness (QED) is 0.652. The van der Waals surface area contributed by atoms with Gasteiger partial charge in [0.15, 0.2) is 5.69 Å². The van der Waals surface area contributed by atoms with Gasteiger partial charge in [-0.3, -0.25) is 9.69 Å². The Kier molecular flexibility index (Phi) is 6.68. The van der Waals surface area contributed by atoms with Gasteiger partial charge in [-0.1, -0.05) is 28.4 Å². The summed E-state index contributed by atoms with van der Waals surface area (Å²) in [6.07, 6.45) is 0.329. The van der Waals surface area contributed by atoms with Gasteiger partial charge in [-0.05, 0) is 6.07 Å². The Balaban J connectivity index is 1.43. The summed E-state index contributed by atoms with van der Waals surface area (Å²) >= 11 is 12.7. The van der Waals surface area contributed by atoms with E-state index in [9.17, 15) is 13.2 Å². The zero-order chi connectivity index (χ0) is 21.3. The molecule has 1 saturated heterocycles. The Labute approximate surface area is 187 Å². The molecule has 9 nitrogen and oxygen atoms in total. The topological polar surface area (TPSA) is 105 Å². The summed E-state index contributed by atoms with van der Waals surface area (Å²) in [6.45, 7) is 4.42. The molecule has 0 radical (unpaired) electrons. The minimum atomic E-state index is -3.79. The van der Waals surface area contributed by atoms with Gasteiger partial charge in [-0.2, -0.15) is 4.31 Å². The number of nitrogens with one attached hydrogen (secondary N) is 1. The molecule has 0 bridgehead atoms. The Morgan fingerprint density at radius 3 is 2.73 bits per heavy atom. The molecular weight excluding hydrogens is 475 g/mol. The first-order valence-electron chi connectivity index (χ1n) is 9.37. The third-order valence-electron chi connectivity index (χ3n) is 5.04. The van der Waals surface area contributed by atoms with E-state index in [1.165, 1.54) is 10.4 Å². The van der Waals surface area contributed by atoms with Gasteiger partial charge in [0.25, 0.3) is 15.9 Å². The molecule has 4 heterocycles. The van der Waals surface area contributed by atoms with Crippen molar-refractivity contribution in [2.45, 2.75) is 17.2 Å². The van der Waals surface area contributed by atoms with Crippen molar-refractivity contribution in [2.24, 2.45) is 0 Å². The SMILES string of the molecule is O=C(NCCN1CCOCC1)c1noc2c1CN(S(=O)(=O)c1cc(Cl)c(Cl)s1)CC2. The highest BCUT2D eigenvalue weighted by Gasteiger charge is 2.35. The lowest BCUT2D eigenvalue weighted by Gasteiger charge is -2.26. The number of nitrogens with zero attached hydrogens (tertiary/aromatic N) is 3. The molecule has 1 fully saturated rings. The molecule has 13 heteroatoms. The average molecular weight is 495 g/mol. The highest BCUT2D eigenvalue weighted by Crippen LogP contribution is 2.37. The molecule has 0 saturated carbocycles. The summed E-state index contributed by atoms with van der Waals surface area (Å²) < 4.78 is 38.1. The van der Waals surface area contributed by atoms with Gasteiger partial charge in [0.2, 0.25) is 0 Å². The van der Waals surface area contributed by atoms with Gasteiger partial charge in [0.1, 0.15) is 14.3 Å². The highest BCUT2D eigenvalue weighted by molar-refractivity contribution is 7.91. The maximum absolute atomic E-state index is 13.0. The molecule has 0 atom stereocenters. The summed E-state index contributed by atoms with van der Waals surface area (Å²) in [6, 6.07) is 1.34. The second-order valence-corrected chi connectivity index (χ2v) is 11.1. The Hall–Kier alpha value is -1.21. The lowest BCUT2D eigenvalue weighted by Crippen LogP contribution is -2.41. The smallest absolute Gasteiger partial charge is 0.273 e. The number of hydrogen-bond donors (Lipinski definition) is 1. The number of sulfonamides is 1. The fraction of sp³-hybridized carbons (Fsp3) is 0.529. The molecule has 0 unspecified atom stereocenters. The van der Waals surface area contributed by atoms with Crippen LogP contribution in [0, 0.1) is 0 Å². The summed E-state index contributed by atoms with van der Waals surface area (Å²) in [5.74, 6) is 0.150. The van der Waals surface area contributed by atoms with E-state index in [1.807, 2.05) is 0 Å². The van der Waals surface area contributed by atoms with Gasteiger partial charge >= 0.3 is 0 Å². The Bertz CT molecular complexity index is 1010. The first-order chi connectivity index (χ1) is 14.4. The van der Waals surface area contributed by atoms with E-state index in [1.54, 1.807) is 0 Å². The first kappa shape index (κ1) is 22.0. The summed E-state index contributed by atoms with van der Waals surface area (Å²) in [4.78, 5) is 14.8. The van der Waals surface area contributed by atoms with Crippen molar-refractivity contribution in [1.82, 2.24) is 19.7 Å². The molecule has 30 heavy (non-hydrogen) atoms. The first-order valence-corrected chi connectivity index (χ1v) is 12.4. The van der Waals surface area contributed by atoms with Crippen LogP contribution in [0.25, 0.3) is 0 Å². The van der Waals surface area contributed by atoms with Crippen molar-refractivity contribution >= 4 is 50.5 Å². The highest BCUT2D eigenvalue weighted by atomic mass is 35.5. The number of carbonyl (C=O) groups excluding carboxylic acids is 1. The number of morpholine rings is 1. The van der Waals surface area contributed by atoms with Crippen molar-refractivity contribution in [3.63, 3.8) is 0 Å². The van der Waals surface area contributed by atoms with Crippen LogP contribution < -0.4 is 5.32 Å². The van der Waals surface area contributed by atoms with Crippen molar-refractivity contribution < 1.29 is 22.5 Å². The van der Waals surface area contributed by atoms with E-state index >= 15 is 0 Å². The Morgan fingerprint density at radius 1 is 1.27 bits per heavy atom.